The zero-order valence-electron chi connectivity index (χ0n) is 10.8. The van der Waals surface area contributed by atoms with E-state index in [2.05, 4.69) is 33.4 Å². The summed E-state index contributed by atoms with van der Waals surface area (Å²) in [5.74, 6) is 0.318. The average molecular weight is 320 g/mol. The van der Waals surface area contributed by atoms with Gasteiger partial charge in [0.25, 0.3) is 0 Å². The number of nitrogens with one attached hydrogen (secondary N) is 1. The van der Waals surface area contributed by atoms with Crippen LogP contribution in [0.2, 0.25) is 0 Å². The SMILES string of the molecule is OC(c1ccc(Br)c2ccccc12)C1CCCNC1. The van der Waals surface area contributed by atoms with E-state index < -0.39 is 0 Å². The number of aliphatic hydroxyl groups excluding tert-OH is 1. The zero-order valence-corrected chi connectivity index (χ0v) is 12.4. The summed E-state index contributed by atoms with van der Waals surface area (Å²) >= 11 is 3.58. The summed E-state index contributed by atoms with van der Waals surface area (Å²) in [4.78, 5) is 0. The molecule has 2 atom stereocenters. The van der Waals surface area contributed by atoms with Gasteiger partial charge < -0.3 is 10.4 Å². The molecule has 100 valence electrons. The highest BCUT2D eigenvalue weighted by atomic mass is 79.9. The molecule has 3 heteroatoms. The third kappa shape index (κ3) is 2.55. The van der Waals surface area contributed by atoms with Gasteiger partial charge in [-0.2, -0.15) is 0 Å². The Morgan fingerprint density at radius 3 is 2.68 bits per heavy atom. The Morgan fingerprint density at radius 1 is 1.16 bits per heavy atom. The van der Waals surface area contributed by atoms with Gasteiger partial charge in [0.1, 0.15) is 0 Å². The minimum absolute atomic E-state index is 0.318. The summed E-state index contributed by atoms with van der Waals surface area (Å²) in [7, 11) is 0. The zero-order chi connectivity index (χ0) is 13.2. The molecule has 0 bridgehead atoms. The number of rotatable bonds is 2. The van der Waals surface area contributed by atoms with Gasteiger partial charge in [-0.3, -0.25) is 0 Å². The number of piperidine rings is 1. The minimum atomic E-state index is -0.384. The van der Waals surface area contributed by atoms with Crippen molar-refractivity contribution in [2.24, 2.45) is 5.92 Å². The number of benzene rings is 2. The lowest BCUT2D eigenvalue weighted by Crippen LogP contribution is -2.33. The summed E-state index contributed by atoms with van der Waals surface area (Å²) in [6.45, 7) is 1.98. The van der Waals surface area contributed by atoms with Crippen LogP contribution in [-0.4, -0.2) is 18.2 Å². The molecular weight excluding hydrogens is 302 g/mol. The first-order valence-electron chi connectivity index (χ1n) is 6.83. The molecule has 0 amide bonds. The normalized spacial score (nSPS) is 21.5. The molecule has 2 N–H and O–H groups in total. The maximum atomic E-state index is 10.7. The highest BCUT2D eigenvalue weighted by Gasteiger charge is 2.24. The summed E-state index contributed by atoms with van der Waals surface area (Å²) in [6, 6.07) is 12.3. The van der Waals surface area contributed by atoms with Gasteiger partial charge in [-0.1, -0.05) is 46.3 Å². The maximum Gasteiger partial charge on any atom is 0.0836 e. The predicted octanol–water partition coefficient (Wildman–Crippen LogP) is 3.64. The molecule has 1 fully saturated rings. The van der Waals surface area contributed by atoms with Crippen LogP contribution in [0, 0.1) is 5.92 Å². The lowest BCUT2D eigenvalue weighted by atomic mass is 9.87. The molecule has 1 heterocycles. The molecule has 2 unspecified atom stereocenters. The topological polar surface area (TPSA) is 32.3 Å². The van der Waals surface area contributed by atoms with E-state index in [0.29, 0.717) is 5.92 Å². The smallest absolute Gasteiger partial charge is 0.0836 e. The van der Waals surface area contributed by atoms with E-state index in [1.54, 1.807) is 0 Å². The lowest BCUT2D eigenvalue weighted by Gasteiger charge is -2.28. The monoisotopic (exact) mass is 319 g/mol. The van der Waals surface area contributed by atoms with Crippen molar-refractivity contribution in [1.82, 2.24) is 5.32 Å². The van der Waals surface area contributed by atoms with E-state index in [1.165, 1.54) is 5.39 Å². The maximum absolute atomic E-state index is 10.7. The van der Waals surface area contributed by atoms with Crippen molar-refractivity contribution in [3.8, 4) is 0 Å². The van der Waals surface area contributed by atoms with Crippen molar-refractivity contribution in [1.29, 1.82) is 0 Å². The second kappa shape index (κ2) is 5.61. The number of halogens is 1. The Balaban J connectivity index is 2.02. The van der Waals surface area contributed by atoms with Crippen LogP contribution in [0.15, 0.2) is 40.9 Å². The Bertz CT molecular complexity index is 578. The Morgan fingerprint density at radius 2 is 1.95 bits per heavy atom. The van der Waals surface area contributed by atoms with Crippen molar-refractivity contribution in [3.63, 3.8) is 0 Å². The van der Waals surface area contributed by atoms with Crippen LogP contribution in [0.25, 0.3) is 10.8 Å². The third-order valence-electron chi connectivity index (χ3n) is 4.00. The molecule has 2 aromatic rings. The van der Waals surface area contributed by atoms with Crippen LogP contribution >= 0.6 is 15.9 Å². The Labute approximate surface area is 122 Å². The fourth-order valence-electron chi connectivity index (χ4n) is 2.95. The molecule has 0 aliphatic carbocycles. The van der Waals surface area contributed by atoms with Crippen molar-refractivity contribution in [2.75, 3.05) is 13.1 Å². The molecule has 0 saturated carbocycles. The predicted molar refractivity (Wildman–Crippen MR) is 82.2 cm³/mol. The minimum Gasteiger partial charge on any atom is -0.388 e. The van der Waals surface area contributed by atoms with Gasteiger partial charge in [0.2, 0.25) is 0 Å². The molecule has 0 aromatic heterocycles. The molecule has 2 nitrogen and oxygen atoms in total. The van der Waals surface area contributed by atoms with Crippen molar-refractivity contribution in [3.05, 3.63) is 46.4 Å². The number of aliphatic hydroxyl groups is 1. The van der Waals surface area contributed by atoms with E-state index in [9.17, 15) is 5.11 Å². The number of hydrogen-bond donors (Lipinski definition) is 2. The quantitative estimate of drug-likeness (QED) is 0.885. The largest absolute Gasteiger partial charge is 0.388 e. The molecule has 19 heavy (non-hydrogen) atoms. The van der Waals surface area contributed by atoms with Crippen molar-refractivity contribution < 1.29 is 5.11 Å². The molecular formula is C16H18BrNO. The van der Waals surface area contributed by atoms with Gasteiger partial charge in [0.15, 0.2) is 0 Å². The van der Waals surface area contributed by atoms with Crippen LogP contribution < -0.4 is 5.32 Å². The second-order valence-electron chi connectivity index (χ2n) is 5.23. The van der Waals surface area contributed by atoms with E-state index >= 15 is 0 Å². The summed E-state index contributed by atoms with van der Waals surface area (Å²) in [5, 5.41) is 16.4. The summed E-state index contributed by atoms with van der Waals surface area (Å²) in [6.07, 6.45) is 1.86. The van der Waals surface area contributed by atoms with Crippen LogP contribution in [0.1, 0.15) is 24.5 Å². The number of hydrogen-bond acceptors (Lipinski definition) is 2. The van der Waals surface area contributed by atoms with Gasteiger partial charge >= 0.3 is 0 Å². The van der Waals surface area contributed by atoms with Gasteiger partial charge in [0, 0.05) is 16.9 Å². The third-order valence-corrected chi connectivity index (χ3v) is 4.70. The first kappa shape index (κ1) is 13.1. The average Bonchev–Trinajstić information content (AvgIpc) is 2.48. The molecule has 1 aliphatic rings. The van der Waals surface area contributed by atoms with Gasteiger partial charge in [-0.05, 0) is 41.8 Å². The standard InChI is InChI=1S/C16H18BrNO/c17-15-8-7-14(12-5-1-2-6-13(12)15)16(19)11-4-3-9-18-10-11/h1-2,5-8,11,16,18-19H,3-4,9-10H2. The summed E-state index contributed by atoms with van der Waals surface area (Å²) < 4.78 is 1.08. The Hall–Kier alpha value is -0.900. The fourth-order valence-corrected chi connectivity index (χ4v) is 3.42. The molecule has 0 spiro atoms. The van der Waals surface area contributed by atoms with E-state index in [1.807, 2.05) is 24.3 Å². The molecule has 0 radical (unpaired) electrons. The van der Waals surface area contributed by atoms with Crippen LogP contribution in [0.5, 0.6) is 0 Å². The van der Waals surface area contributed by atoms with Gasteiger partial charge in [-0.15, -0.1) is 0 Å². The van der Waals surface area contributed by atoms with Gasteiger partial charge in [0.05, 0.1) is 6.10 Å². The van der Waals surface area contributed by atoms with Crippen LogP contribution in [0.3, 0.4) is 0 Å². The molecule has 3 rings (SSSR count). The van der Waals surface area contributed by atoms with Gasteiger partial charge in [-0.25, -0.2) is 0 Å². The van der Waals surface area contributed by atoms with Crippen LogP contribution in [-0.2, 0) is 0 Å². The van der Waals surface area contributed by atoms with Crippen molar-refractivity contribution >= 4 is 26.7 Å². The highest BCUT2D eigenvalue weighted by molar-refractivity contribution is 9.10. The van der Waals surface area contributed by atoms with E-state index in [0.717, 1.165) is 41.4 Å². The summed E-state index contributed by atoms with van der Waals surface area (Å²) in [5.41, 5.74) is 1.05. The highest BCUT2D eigenvalue weighted by Crippen LogP contribution is 2.34. The van der Waals surface area contributed by atoms with E-state index in [-0.39, 0.29) is 6.10 Å². The first-order chi connectivity index (χ1) is 9.27. The molecule has 1 aliphatic heterocycles. The molecule has 1 saturated heterocycles. The fraction of sp³-hybridized carbons (Fsp3) is 0.375. The number of fused-ring (bicyclic) bond motifs is 1. The lowest BCUT2D eigenvalue weighted by molar-refractivity contribution is 0.0934. The van der Waals surface area contributed by atoms with Crippen molar-refractivity contribution in [2.45, 2.75) is 18.9 Å². The first-order valence-corrected chi connectivity index (χ1v) is 7.62. The van der Waals surface area contributed by atoms with E-state index in [4.69, 9.17) is 0 Å². The Kier molecular flexibility index (Phi) is 3.87. The van der Waals surface area contributed by atoms with Crippen LogP contribution in [0.4, 0.5) is 0 Å². The molecule has 2 aromatic carbocycles. The second-order valence-corrected chi connectivity index (χ2v) is 6.09.